The molecule has 1 saturated heterocycles. The van der Waals surface area contributed by atoms with Crippen LogP contribution in [0.1, 0.15) is 48.9 Å². The first-order chi connectivity index (χ1) is 12.6. The Bertz CT molecular complexity index is 643. The van der Waals surface area contributed by atoms with Crippen LogP contribution in [0.2, 0.25) is 0 Å². The number of carbonyl (C=O) groups is 3. The van der Waals surface area contributed by atoms with Crippen molar-refractivity contribution in [2.45, 2.75) is 44.6 Å². The van der Waals surface area contributed by atoms with Gasteiger partial charge in [-0.25, -0.2) is 0 Å². The zero-order chi connectivity index (χ0) is 18.4. The average Bonchev–Trinajstić information content (AvgIpc) is 3.20. The summed E-state index contributed by atoms with van der Waals surface area (Å²) in [5.41, 5.74) is 0.497. The molecule has 3 amide bonds. The number of aromatic nitrogens is 1. The number of pyridine rings is 1. The summed E-state index contributed by atoms with van der Waals surface area (Å²) in [6, 6.07) is 3.71. The van der Waals surface area contributed by atoms with Gasteiger partial charge < -0.3 is 15.5 Å². The van der Waals surface area contributed by atoms with Gasteiger partial charge in [0.2, 0.25) is 11.8 Å². The molecule has 0 radical (unpaired) electrons. The lowest BCUT2D eigenvalue weighted by Crippen LogP contribution is -2.49. The second kappa shape index (κ2) is 8.78. The third-order valence-electron chi connectivity index (χ3n) is 5.21. The Morgan fingerprint density at radius 3 is 2.65 bits per heavy atom. The van der Waals surface area contributed by atoms with Gasteiger partial charge in [-0.2, -0.15) is 0 Å². The average molecular weight is 358 g/mol. The van der Waals surface area contributed by atoms with Crippen molar-refractivity contribution in [3.63, 3.8) is 0 Å². The van der Waals surface area contributed by atoms with Gasteiger partial charge in [0.25, 0.3) is 5.91 Å². The molecule has 1 aliphatic heterocycles. The van der Waals surface area contributed by atoms with Gasteiger partial charge in [-0.3, -0.25) is 19.4 Å². The second-order valence-corrected chi connectivity index (χ2v) is 7.01. The Hall–Kier alpha value is -2.44. The summed E-state index contributed by atoms with van der Waals surface area (Å²) in [4.78, 5) is 42.3. The van der Waals surface area contributed by atoms with E-state index in [4.69, 9.17) is 0 Å². The lowest BCUT2D eigenvalue weighted by molar-refractivity contribution is -0.140. The fourth-order valence-electron chi connectivity index (χ4n) is 3.76. The third kappa shape index (κ3) is 4.59. The van der Waals surface area contributed by atoms with Crippen molar-refractivity contribution in [2.75, 3.05) is 19.6 Å². The van der Waals surface area contributed by atoms with Crippen molar-refractivity contribution >= 4 is 17.7 Å². The summed E-state index contributed by atoms with van der Waals surface area (Å²) >= 11 is 0. The summed E-state index contributed by atoms with van der Waals surface area (Å²) in [7, 11) is 0. The molecule has 7 nitrogen and oxygen atoms in total. The molecular formula is C19H26N4O3. The van der Waals surface area contributed by atoms with Gasteiger partial charge in [0.05, 0.1) is 11.5 Å². The van der Waals surface area contributed by atoms with E-state index in [1.165, 1.54) is 19.0 Å². The molecule has 1 aliphatic carbocycles. The van der Waals surface area contributed by atoms with Crippen LogP contribution in [-0.2, 0) is 9.59 Å². The first-order valence-electron chi connectivity index (χ1n) is 9.40. The Kier molecular flexibility index (Phi) is 6.20. The monoisotopic (exact) mass is 358 g/mol. The maximum absolute atomic E-state index is 12.4. The van der Waals surface area contributed by atoms with E-state index in [0.29, 0.717) is 44.1 Å². The number of piperidine rings is 1. The summed E-state index contributed by atoms with van der Waals surface area (Å²) in [5.74, 6) is -0.203. The van der Waals surface area contributed by atoms with E-state index in [9.17, 15) is 14.4 Å². The summed E-state index contributed by atoms with van der Waals surface area (Å²) < 4.78 is 0. The lowest BCUT2D eigenvalue weighted by Gasteiger charge is -2.36. The highest BCUT2D eigenvalue weighted by molar-refractivity contribution is 5.93. The molecule has 0 aromatic carbocycles. The zero-order valence-electron chi connectivity index (χ0n) is 14.9. The van der Waals surface area contributed by atoms with Gasteiger partial charge >= 0.3 is 0 Å². The molecule has 0 spiro atoms. The first-order valence-corrected chi connectivity index (χ1v) is 9.40. The van der Waals surface area contributed by atoms with E-state index in [1.54, 1.807) is 18.3 Å². The van der Waals surface area contributed by atoms with Crippen LogP contribution in [0.15, 0.2) is 24.5 Å². The van der Waals surface area contributed by atoms with Crippen LogP contribution in [0.3, 0.4) is 0 Å². The van der Waals surface area contributed by atoms with Crippen molar-refractivity contribution in [1.82, 2.24) is 20.5 Å². The van der Waals surface area contributed by atoms with Gasteiger partial charge in [-0.05, 0) is 31.4 Å². The van der Waals surface area contributed by atoms with Crippen molar-refractivity contribution in [3.8, 4) is 0 Å². The Morgan fingerprint density at radius 2 is 1.92 bits per heavy atom. The molecule has 26 heavy (non-hydrogen) atoms. The molecule has 1 atom stereocenters. The minimum atomic E-state index is -0.206. The van der Waals surface area contributed by atoms with E-state index < -0.39 is 0 Å². The van der Waals surface area contributed by atoms with Crippen LogP contribution in [0.25, 0.3) is 0 Å². The minimum Gasteiger partial charge on any atom is -0.354 e. The lowest BCUT2D eigenvalue weighted by atomic mass is 9.95. The van der Waals surface area contributed by atoms with Gasteiger partial charge in [-0.1, -0.05) is 12.8 Å². The van der Waals surface area contributed by atoms with Crippen LogP contribution < -0.4 is 10.6 Å². The summed E-state index contributed by atoms with van der Waals surface area (Å²) in [6.07, 6.45) is 8.62. The molecule has 2 aliphatic rings. The fourth-order valence-corrected chi connectivity index (χ4v) is 3.76. The molecule has 140 valence electrons. The molecule has 1 aromatic heterocycles. The molecule has 1 unspecified atom stereocenters. The maximum atomic E-state index is 12.4. The minimum absolute atomic E-state index is 0.0314. The normalized spacial score (nSPS) is 20.8. The van der Waals surface area contributed by atoms with Gasteiger partial charge in [0, 0.05) is 44.5 Å². The second-order valence-electron chi connectivity index (χ2n) is 7.01. The SMILES string of the molecule is O=C(NCCNC(=O)C1CCC(=O)N(C2CCCC2)C1)c1cccnc1. The van der Waals surface area contributed by atoms with E-state index >= 15 is 0 Å². The quantitative estimate of drug-likeness (QED) is 0.745. The Balaban J connectivity index is 1.40. The maximum Gasteiger partial charge on any atom is 0.252 e. The van der Waals surface area contributed by atoms with Crippen LogP contribution >= 0.6 is 0 Å². The number of amides is 3. The van der Waals surface area contributed by atoms with E-state index in [2.05, 4.69) is 15.6 Å². The van der Waals surface area contributed by atoms with Crippen LogP contribution in [-0.4, -0.2) is 53.3 Å². The van der Waals surface area contributed by atoms with Crippen LogP contribution in [0.5, 0.6) is 0 Å². The fraction of sp³-hybridized carbons (Fsp3) is 0.579. The number of nitrogens with zero attached hydrogens (tertiary/aromatic N) is 2. The van der Waals surface area contributed by atoms with Gasteiger partial charge in [0.15, 0.2) is 0 Å². The van der Waals surface area contributed by atoms with Crippen LogP contribution in [0.4, 0.5) is 0 Å². The Morgan fingerprint density at radius 1 is 1.15 bits per heavy atom. The van der Waals surface area contributed by atoms with Crippen molar-refractivity contribution in [3.05, 3.63) is 30.1 Å². The van der Waals surface area contributed by atoms with Crippen molar-refractivity contribution < 1.29 is 14.4 Å². The molecule has 2 N–H and O–H groups in total. The number of carbonyl (C=O) groups excluding carboxylic acids is 3. The largest absolute Gasteiger partial charge is 0.354 e. The number of likely N-dealkylation sites (tertiary alicyclic amines) is 1. The number of nitrogens with one attached hydrogen (secondary N) is 2. The third-order valence-corrected chi connectivity index (χ3v) is 5.21. The first kappa shape index (κ1) is 18.4. The molecule has 1 saturated carbocycles. The van der Waals surface area contributed by atoms with E-state index in [0.717, 1.165) is 12.8 Å². The molecule has 2 heterocycles. The van der Waals surface area contributed by atoms with Crippen molar-refractivity contribution in [1.29, 1.82) is 0 Å². The molecular weight excluding hydrogens is 332 g/mol. The predicted molar refractivity (Wildman–Crippen MR) is 96.3 cm³/mol. The zero-order valence-corrected chi connectivity index (χ0v) is 14.9. The Labute approximate surface area is 153 Å². The predicted octanol–water partition coefficient (Wildman–Crippen LogP) is 1.11. The highest BCUT2D eigenvalue weighted by Gasteiger charge is 2.34. The van der Waals surface area contributed by atoms with Crippen molar-refractivity contribution in [2.24, 2.45) is 5.92 Å². The number of hydrogen-bond acceptors (Lipinski definition) is 4. The molecule has 7 heteroatoms. The summed E-state index contributed by atoms with van der Waals surface area (Å²) in [6.45, 7) is 1.26. The number of hydrogen-bond donors (Lipinski definition) is 2. The molecule has 2 fully saturated rings. The smallest absolute Gasteiger partial charge is 0.252 e. The topological polar surface area (TPSA) is 91.4 Å². The standard InChI is InChI=1S/C19H26N4O3/c24-17-8-7-15(13-23(17)16-5-1-2-6-16)19(26)22-11-10-21-18(25)14-4-3-9-20-12-14/h3-4,9,12,15-16H,1-2,5-8,10-11,13H2,(H,21,25)(H,22,26). The summed E-state index contributed by atoms with van der Waals surface area (Å²) in [5, 5.41) is 5.64. The molecule has 3 rings (SSSR count). The highest BCUT2D eigenvalue weighted by atomic mass is 16.2. The number of rotatable bonds is 6. The molecule has 1 aromatic rings. The van der Waals surface area contributed by atoms with Gasteiger partial charge in [-0.15, -0.1) is 0 Å². The molecule has 0 bridgehead atoms. The van der Waals surface area contributed by atoms with E-state index in [1.807, 2.05) is 4.90 Å². The van der Waals surface area contributed by atoms with Gasteiger partial charge in [0.1, 0.15) is 0 Å². The highest BCUT2D eigenvalue weighted by Crippen LogP contribution is 2.28. The van der Waals surface area contributed by atoms with E-state index in [-0.39, 0.29) is 23.6 Å². The van der Waals surface area contributed by atoms with Crippen LogP contribution in [0, 0.1) is 5.92 Å².